The Morgan fingerprint density at radius 2 is 2.05 bits per heavy atom. The van der Waals surface area contributed by atoms with Crippen LogP contribution in [0.1, 0.15) is 44.1 Å². The fourth-order valence-electron chi connectivity index (χ4n) is 3.06. The van der Waals surface area contributed by atoms with Crippen molar-refractivity contribution >= 4 is 11.6 Å². The van der Waals surface area contributed by atoms with Crippen LogP contribution in [-0.4, -0.2) is 24.7 Å². The van der Waals surface area contributed by atoms with Crippen molar-refractivity contribution in [3.8, 4) is 5.75 Å². The first-order valence-corrected chi connectivity index (χ1v) is 7.93. The predicted molar refractivity (Wildman–Crippen MR) is 81.7 cm³/mol. The molecule has 4 heteroatoms. The molecule has 3 rings (SSSR count). The van der Waals surface area contributed by atoms with Crippen LogP contribution in [0.3, 0.4) is 0 Å². The summed E-state index contributed by atoms with van der Waals surface area (Å²) in [4.78, 5) is 12.1. The van der Waals surface area contributed by atoms with Gasteiger partial charge in [0, 0.05) is 17.9 Å². The summed E-state index contributed by atoms with van der Waals surface area (Å²) in [5, 5.41) is 2.97. The number of nitrogens with one attached hydrogen (secondary N) is 1. The summed E-state index contributed by atoms with van der Waals surface area (Å²) in [5.74, 6) is 0.834. The summed E-state index contributed by atoms with van der Waals surface area (Å²) >= 11 is 0. The van der Waals surface area contributed by atoms with Gasteiger partial charge in [0.25, 0.3) is 5.91 Å². The predicted octanol–water partition coefficient (Wildman–Crippen LogP) is 3.43. The molecule has 1 atom stereocenters. The highest BCUT2D eigenvalue weighted by Gasteiger charge is 2.24. The summed E-state index contributed by atoms with van der Waals surface area (Å²) in [7, 11) is 0. The minimum absolute atomic E-state index is 0.0476. The van der Waals surface area contributed by atoms with Crippen LogP contribution in [0.5, 0.6) is 5.75 Å². The first-order chi connectivity index (χ1) is 10.2. The molecular weight excluding hydrogens is 266 g/mol. The first-order valence-electron chi connectivity index (χ1n) is 7.93. The first kappa shape index (κ1) is 14.4. The van der Waals surface area contributed by atoms with Gasteiger partial charge in [0.2, 0.25) is 0 Å². The van der Waals surface area contributed by atoms with Crippen LogP contribution >= 0.6 is 0 Å². The highest BCUT2D eigenvalue weighted by atomic mass is 16.5. The molecule has 1 amide bonds. The van der Waals surface area contributed by atoms with Crippen LogP contribution in [-0.2, 0) is 9.53 Å². The number of hydrogen-bond acceptors (Lipinski definition) is 3. The topological polar surface area (TPSA) is 47.6 Å². The van der Waals surface area contributed by atoms with Gasteiger partial charge in [-0.1, -0.05) is 6.07 Å². The molecule has 0 radical (unpaired) electrons. The van der Waals surface area contributed by atoms with Crippen molar-refractivity contribution in [3.63, 3.8) is 0 Å². The van der Waals surface area contributed by atoms with Crippen LogP contribution in [0.15, 0.2) is 18.2 Å². The Morgan fingerprint density at radius 3 is 2.76 bits per heavy atom. The lowest BCUT2D eigenvalue weighted by molar-refractivity contribution is -0.124. The average molecular weight is 289 g/mol. The van der Waals surface area contributed by atoms with Gasteiger partial charge in [-0.15, -0.1) is 0 Å². The van der Waals surface area contributed by atoms with Gasteiger partial charge in [-0.05, 0) is 57.6 Å². The average Bonchev–Trinajstić information content (AvgIpc) is 3.16. The highest BCUT2D eigenvalue weighted by Crippen LogP contribution is 2.30. The molecule has 114 valence electrons. The van der Waals surface area contributed by atoms with E-state index in [0.29, 0.717) is 12.7 Å². The van der Waals surface area contributed by atoms with Gasteiger partial charge < -0.3 is 14.8 Å². The Hall–Kier alpha value is -1.55. The number of rotatable bonds is 4. The van der Waals surface area contributed by atoms with E-state index in [4.69, 9.17) is 9.47 Å². The summed E-state index contributed by atoms with van der Waals surface area (Å²) in [6.07, 6.45) is 6.55. The summed E-state index contributed by atoms with van der Waals surface area (Å²) in [6, 6.07) is 5.83. The molecule has 0 spiro atoms. The van der Waals surface area contributed by atoms with Gasteiger partial charge in [-0.25, -0.2) is 0 Å². The monoisotopic (exact) mass is 289 g/mol. The molecule has 1 saturated heterocycles. The van der Waals surface area contributed by atoms with E-state index in [1.165, 1.54) is 12.8 Å². The van der Waals surface area contributed by atoms with Crippen LogP contribution < -0.4 is 10.1 Å². The standard InChI is InChI=1S/C17H23NO3/c1-12-14(18-17(19)16-10-5-11-20-16)8-4-9-15(12)21-13-6-2-3-7-13/h4,8-9,13,16H,2-3,5-7,10-11H2,1H3,(H,18,19). The maximum atomic E-state index is 12.1. The van der Waals surface area contributed by atoms with E-state index in [9.17, 15) is 4.79 Å². The Bertz CT molecular complexity index is 503. The Morgan fingerprint density at radius 1 is 1.24 bits per heavy atom. The summed E-state index contributed by atoms with van der Waals surface area (Å²) < 4.78 is 11.5. The van der Waals surface area contributed by atoms with E-state index in [1.807, 2.05) is 25.1 Å². The number of carbonyl (C=O) groups excluding carboxylic acids is 1. The third-order valence-corrected chi connectivity index (χ3v) is 4.36. The summed E-state index contributed by atoms with van der Waals surface area (Å²) in [6.45, 7) is 2.68. The Kier molecular flexibility index (Phi) is 4.44. The van der Waals surface area contributed by atoms with Crippen molar-refractivity contribution in [1.82, 2.24) is 0 Å². The molecule has 2 fully saturated rings. The molecule has 1 unspecified atom stereocenters. The quantitative estimate of drug-likeness (QED) is 0.923. The van der Waals surface area contributed by atoms with E-state index in [0.717, 1.165) is 42.7 Å². The van der Waals surface area contributed by atoms with Crippen LogP contribution in [0, 0.1) is 6.92 Å². The van der Waals surface area contributed by atoms with Gasteiger partial charge in [-0.3, -0.25) is 4.79 Å². The third-order valence-electron chi connectivity index (χ3n) is 4.36. The number of amides is 1. The van der Waals surface area contributed by atoms with Gasteiger partial charge in [-0.2, -0.15) is 0 Å². The second kappa shape index (κ2) is 6.48. The SMILES string of the molecule is Cc1c(NC(=O)C2CCCO2)cccc1OC1CCCC1. The zero-order chi connectivity index (χ0) is 14.7. The zero-order valence-corrected chi connectivity index (χ0v) is 12.6. The molecule has 4 nitrogen and oxygen atoms in total. The molecule has 2 aliphatic rings. The van der Waals surface area contributed by atoms with Crippen molar-refractivity contribution < 1.29 is 14.3 Å². The van der Waals surface area contributed by atoms with Crippen molar-refractivity contribution in [2.75, 3.05) is 11.9 Å². The lowest BCUT2D eigenvalue weighted by Gasteiger charge is -2.18. The molecule has 21 heavy (non-hydrogen) atoms. The van der Waals surface area contributed by atoms with E-state index < -0.39 is 0 Å². The molecule has 1 aliphatic carbocycles. The van der Waals surface area contributed by atoms with Crippen LogP contribution in [0.4, 0.5) is 5.69 Å². The smallest absolute Gasteiger partial charge is 0.253 e. The molecule has 1 aromatic rings. The Labute approximate surface area is 125 Å². The zero-order valence-electron chi connectivity index (χ0n) is 12.6. The molecule has 0 aromatic heterocycles. The van der Waals surface area contributed by atoms with Crippen molar-refractivity contribution in [3.05, 3.63) is 23.8 Å². The van der Waals surface area contributed by atoms with Gasteiger partial charge in [0.15, 0.2) is 0 Å². The van der Waals surface area contributed by atoms with E-state index in [2.05, 4.69) is 5.32 Å². The van der Waals surface area contributed by atoms with Gasteiger partial charge in [0.05, 0.1) is 6.10 Å². The largest absolute Gasteiger partial charge is 0.490 e. The van der Waals surface area contributed by atoms with Crippen LogP contribution in [0.25, 0.3) is 0 Å². The number of benzene rings is 1. The maximum absolute atomic E-state index is 12.1. The molecule has 1 N–H and O–H groups in total. The van der Waals surface area contributed by atoms with Gasteiger partial charge >= 0.3 is 0 Å². The summed E-state index contributed by atoms with van der Waals surface area (Å²) in [5.41, 5.74) is 1.82. The molecular formula is C17H23NO3. The number of anilines is 1. The fourth-order valence-corrected chi connectivity index (χ4v) is 3.06. The Balaban J connectivity index is 1.68. The van der Waals surface area contributed by atoms with Crippen molar-refractivity contribution in [1.29, 1.82) is 0 Å². The highest BCUT2D eigenvalue weighted by molar-refractivity contribution is 5.95. The molecule has 1 saturated carbocycles. The number of hydrogen-bond donors (Lipinski definition) is 1. The fraction of sp³-hybridized carbons (Fsp3) is 0.588. The number of carbonyl (C=O) groups is 1. The lowest BCUT2D eigenvalue weighted by atomic mass is 10.1. The van der Waals surface area contributed by atoms with E-state index in [1.54, 1.807) is 0 Å². The van der Waals surface area contributed by atoms with Crippen LogP contribution in [0.2, 0.25) is 0 Å². The normalized spacial score (nSPS) is 22.4. The minimum Gasteiger partial charge on any atom is -0.490 e. The van der Waals surface area contributed by atoms with E-state index in [-0.39, 0.29) is 12.0 Å². The van der Waals surface area contributed by atoms with Gasteiger partial charge in [0.1, 0.15) is 11.9 Å². The third kappa shape index (κ3) is 3.38. The van der Waals surface area contributed by atoms with E-state index >= 15 is 0 Å². The lowest BCUT2D eigenvalue weighted by Crippen LogP contribution is -2.27. The molecule has 1 aromatic carbocycles. The maximum Gasteiger partial charge on any atom is 0.253 e. The molecule has 1 heterocycles. The number of ether oxygens (including phenoxy) is 2. The molecule has 0 bridgehead atoms. The molecule has 1 aliphatic heterocycles. The minimum atomic E-state index is -0.302. The second-order valence-electron chi connectivity index (χ2n) is 5.94. The van der Waals surface area contributed by atoms with Crippen molar-refractivity contribution in [2.24, 2.45) is 0 Å². The van der Waals surface area contributed by atoms with Crippen molar-refractivity contribution in [2.45, 2.75) is 57.7 Å². The second-order valence-corrected chi connectivity index (χ2v) is 5.94.